The maximum atomic E-state index is 13.4. The Hall–Kier alpha value is -1.59. The van der Waals surface area contributed by atoms with Crippen LogP contribution in [0.15, 0.2) is 36.4 Å². The van der Waals surface area contributed by atoms with Crippen LogP contribution in [-0.4, -0.2) is 34.9 Å². The lowest BCUT2D eigenvalue weighted by atomic mass is 9.96. The van der Waals surface area contributed by atoms with Crippen LogP contribution in [0.5, 0.6) is 0 Å². The Morgan fingerprint density at radius 3 is 1.95 bits per heavy atom. The molecule has 0 radical (unpaired) electrons. The minimum Gasteiger partial charge on any atom is -0.371 e. The maximum Gasteiger partial charge on any atom is 0.405 e. The third-order valence-electron chi connectivity index (χ3n) is 5.17. The highest BCUT2D eigenvalue weighted by Crippen LogP contribution is 2.41. The lowest BCUT2D eigenvalue weighted by molar-refractivity contribution is -0.139. The first-order chi connectivity index (χ1) is 17.3. The van der Waals surface area contributed by atoms with E-state index in [1.807, 2.05) is 26.0 Å². The van der Waals surface area contributed by atoms with Gasteiger partial charge in [-0.1, -0.05) is 89.6 Å². The van der Waals surface area contributed by atoms with Crippen molar-refractivity contribution in [3.63, 3.8) is 0 Å². The van der Waals surface area contributed by atoms with E-state index in [0.29, 0.717) is 5.56 Å². The molecule has 0 aliphatic rings. The SMILES string of the molecule is CC(C)(NC=S)C(=S)NCC(F)(F)F.Cc1ccc(/C=C/C(c2cc(Cl)c(Cl)c(Cl)c2)C(F)(F)F)cc1C. The van der Waals surface area contributed by atoms with Crippen LogP contribution in [-0.2, 0) is 0 Å². The average Bonchev–Trinajstić information content (AvgIpc) is 2.77. The van der Waals surface area contributed by atoms with Crippen molar-refractivity contribution in [3.05, 3.63) is 73.7 Å². The molecule has 0 aromatic heterocycles. The van der Waals surface area contributed by atoms with Crippen LogP contribution in [0.4, 0.5) is 26.3 Å². The van der Waals surface area contributed by atoms with Gasteiger partial charge in [0.05, 0.1) is 32.0 Å². The molecular weight excluding hydrogens is 613 g/mol. The highest BCUT2D eigenvalue weighted by Gasteiger charge is 2.39. The Morgan fingerprint density at radius 1 is 0.947 bits per heavy atom. The molecule has 2 nitrogen and oxygen atoms in total. The molecule has 0 amide bonds. The largest absolute Gasteiger partial charge is 0.405 e. The number of thiocarbonyl (C=S) groups is 2. The third-order valence-corrected chi connectivity index (χ3v) is 7.14. The number of benzene rings is 2. The fraction of sp³-hybridized carbons (Fsp3) is 0.360. The van der Waals surface area contributed by atoms with Crippen molar-refractivity contribution in [2.24, 2.45) is 0 Å². The summed E-state index contributed by atoms with van der Waals surface area (Å²) in [6.07, 6.45) is -6.20. The molecule has 1 unspecified atom stereocenters. The molecule has 210 valence electrons. The van der Waals surface area contributed by atoms with Crippen molar-refractivity contribution in [2.45, 2.75) is 51.5 Å². The van der Waals surface area contributed by atoms with Crippen molar-refractivity contribution in [3.8, 4) is 0 Å². The van der Waals surface area contributed by atoms with Crippen molar-refractivity contribution in [1.82, 2.24) is 10.6 Å². The van der Waals surface area contributed by atoms with Gasteiger partial charge in [-0.3, -0.25) is 0 Å². The number of alkyl halides is 6. The van der Waals surface area contributed by atoms with Crippen LogP contribution < -0.4 is 10.6 Å². The predicted octanol–water partition coefficient (Wildman–Crippen LogP) is 9.41. The number of rotatable bonds is 7. The molecule has 13 heteroatoms. The molecule has 0 spiro atoms. The number of nitrogens with one attached hydrogen (secondary N) is 2. The van der Waals surface area contributed by atoms with Gasteiger partial charge in [-0.25, -0.2) is 0 Å². The maximum absolute atomic E-state index is 13.4. The highest BCUT2D eigenvalue weighted by atomic mass is 35.5. The van der Waals surface area contributed by atoms with Crippen LogP contribution in [0.2, 0.25) is 15.1 Å². The molecule has 38 heavy (non-hydrogen) atoms. The van der Waals surface area contributed by atoms with Gasteiger partial charge in [0.15, 0.2) is 0 Å². The van der Waals surface area contributed by atoms with Crippen molar-refractivity contribution < 1.29 is 26.3 Å². The summed E-state index contributed by atoms with van der Waals surface area (Å²) in [6, 6.07) is 7.86. The normalized spacial score (nSPS) is 13.0. The van der Waals surface area contributed by atoms with E-state index in [0.717, 1.165) is 17.2 Å². The van der Waals surface area contributed by atoms with Crippen molar-refractivity contribution in [1.29, 1.82) is 0 Å². The Balaban J connectivity index is 0.000000442. The van der Waals surface area contributed by atoms with Crippen LogP contribution >= 0.6 is 59.2 Å². The number of aryl methyl sites for hydroxylation is 2. The molecular formula is C25H25Cl3F6N2S2. The van der Waals surface area contributed by atoms with Crippen LogP contribution in [0.3, 0.4) is 0 Å². The van der Waals surface area contributed by atoms with E-state index in [9.17, 15) is 26.3 Å². The Labute approximate surface area is 243 Å². The summed E-state index contributed by atoms with van der Waals surface area (Å²) in [5, 5.41) is 4.83. The number of hydrogen-bond donors (Lipinski definition) is 2. The van der Waals surface area contributed by atoms with Gasteiger partial charge in [0.1, 0.15) is 11.5 Å². The molecule has 0 fully saturated rings. The summed E-state index contributed by atoms with van der Waals surface area (Å²) in [5.74, 6) is -1.83. The summed E-state index contributed by atoms with van der Waals surface area (Å²) in [4.78, 5) is 0.0796. The van der Waals surface area contributed by atoms with E-state index in [1.54, 1.807) is 19.9 Å². The van der Waals surface area contributed by atoms with Gasteiger partial charge in [-0.15, -0.1) is 0 Å². The summed E-state index contributed by atoms with van der Waals surface area (Å²) in [7, 11) is 0. The van der Waals surface area contributed by atoms with Gasteiger partial charge < -0.3 is 10.6 Å². The first-order valence-corrected chi connectivity index (χ1v) is 12.8. The monoisotopic (exact) mass is 636 g/mol. The lowest BCUT2D eigenvalue weighted by Crippen LogP contribution is -2.52. The van der Waals surface area contributed by atoms with E-state index in [4.69, 9.17) is 47.0 Å². The zero-order chi connectivity index (χ0) is 29.5. The molecule has 2 aromatic rings. The summed E-state index contributed by atoms with van der Waals surface area (Å²) in [6.45, 7) is 6.00. The van der Waals surface area contributed by atoms with Gasteiger partial charge in [0.25, 0.3) is 0 Å². The van der Waals surface area contributed by atoms with E-state index in [1.165, 1.54) is 23.7 Å². The minimum atomic E-state index is -4.48. The summed E-state index contributed by atoms with van der Waals surface area (Å²) in [5.41, 5.74) is 3.19. The quantitative estimate of drug-likeness (QED) is 0.179. The standard InChI is InChI=1S/C18H14Cl3F3.C7H11F3N2S2/c1-10-3-4-12(7-11(10)2)5-6-14(18(22,23)24)13-8-15(19)17(21)16(20)9-13;1-6(2,12-4-13)5(14)11-3-7(8,9)10/h3-9,14H,1-2H3;4H,3H2,1-2H3,(H,11,14)(H,12,13)/b6-5+;. The second-order valence-electron chi connectivity index (χ2n) is 8.71. The second-order valence-corrected chi connectivity index (χ2v) is 10.5. The second kappa shape index (κ2) is 14.2. The molecule has 2 aromatic carbocycles. The van der Waals surface area contributed by atoms with Gasteiger partial charge in [0, 0.05) is 0 Å². The fourth-order valence-electron chi connectivity index (χ4n) is 2.85. The van der Waals surface area contributed by atoms with E-state index in [2.05, 4.69) is 22.9 Å². The summed E-state index contributed by atoms with van der Waals surface area (Å²) < 4.78 is 75.8. The van der Waals surface area contributed by atoms with Gasteiger partial charge >= 0.3 is 12.4 Å². The van der Waals surface area contributed by atoms with Gasteiger partial charge in [0.2, 0.25) is 0 Å². The first kappa shape index (κ1) is 34.4. The highest BCUT2D eigenvalue weighted by molar-refractivity contribution is 7.80. The van der Waals surface area contributed by atoms with Crippen molar-refractivity contribution in [2.75, 3.05) is 6.54 Å². The predicted molar refractivity (Wildman–Crippen MR) is 153 cm³/mol. The van der Waals surface area contributed by atoms with E-state index < -0.39 is 30.4 Å². The van der Waals surface area contributed by atoms with Crippen molar-refractivity contribution >= 4 is 75.8 Å². The number of allylic oxidation sites excluding steroid dienone is 1. The topological polar surface area (TPSA) is 24.1 Å². The first-order valence-electron chi connectivity index (χ1n) is 10.8. The fourth-order valence-corrected chi connectivity index (χ4v) is 3.89. The van der Waals surface area contributed by atoms with E-state index in [-0.39, 0.29) is 25.6 Å². The van der Waals surface area contributed by atoms with Crippen LogP contribution in [0, 0.1) is 13.8 Å². The smallest absolute Gasteiger partial charge is 0.371 e. The van der Waals surface area contributed by atoms with Gasteiger partial charge in [-0.05, 0) is 62.1 Å². The average molecular weight is 638 g/mol. The van der Waals surface area contributed by atoms with Gasteiger partial charge in [-0.2, -0.15) is 26.3 Å². The molecule has 0 saturated heterocycles. The van der Waals surface area contributed by atoms with E-state index >= 15 is 0 Å². The molecule has 1 atom stereocenters. The molecule has 0 aliphatic heterocycles. The zero-order valence-corrected chi connectivity index (χ0v) is 24.5. The molecule has 2 N–H and O–H groups in total. The Kier molecular flexibility index (Phi) is 12.8. The molecule has 0 saturated carbocycles. The molecule has 0 bridgehead atoms. The third kappa shape index (κ3) is 11.3. The molecule has 2 rings (SSSR count). The number of halogens is 9. The molecule has 0 heterocycles. The number of hydrogen-bond acceptors (Lipinski definition) is 2. The van der Waals surface area contributed by atoms with Crippen LogP contribution in [0.25, 0.3) is 6.08 Å². The van der Waals surface area contributed by atoms with Crippen LogP contribution in [0.1, 0.15) is 42.0 Å². The zero-order valence-electron chi connectivity index (χ0n) is 20.6. The molecule has 0 aliphatic carbocycles. The lowest BCUT2D eigenvalue weighted by Gasteiger charge is -2.26. The Morgan fingerprint density at radius 2 is 1.50 bits per heavy atom. The minimum absolute atomic E-state index is 0.00648. The Bertz CT molecular complexity index is 1140. The summed E-state index contributed by atoms with van der Waals surface area (Å²) >= 11 is 26.8.